The summed E-state index contributed by atoms with van der Waals surface area (Å²) >= 11 is 0. The van der Waals surface area contributed by atoms with Gasteiger partial charge < -0.3 is 20.2 Å². The fraction of sp³-hybridized carbons (Fsp3) is 0.692. The molecule has 1 atom stereocenters. The van der Waals surface area contributed by atoms with Crippen molar-refractivity contribution in [2.75, 3.05) is 57.1 Å². The van der Waals surface area contributed by atoms with E-state index in [4.69, 9.17) is 5.11 Å². The van der Waals surface area contributed by atoms with Crippen LogP contribution in [-0.4, -0.2) is 66.9 Å². The highest BCUT2D eigenvalue weighted by Crippen LogP contribution is 2.19. The molecule has 2 heterocycles. The molecule has 106 valence electrons. The van der Waals surface area contributed by atoms with E-state index in [1.165, 1.54) is 13.0 Å². The summed E-state index contributed by atoms with van der Waals surface area (Å²) in [6.45, 7) is 3.97. The number of hydrogen-bond acceptors (Lipinski definition) is 6. The van der Waals surface area contributed by atoms with Gasteiger partial charge in [-0.2, -0.15) is 0 Å². The topological polar surface area (TPSA) is 64.5 Å². The van der Waals surface area contributed by atoms with Crippen LogP contribution in [0.4, 0.5) is 11.6 Å². The maximum Gasteiger partial charge on any atom is 0.133 e. The summed E-state index contributed by atoms with van der Waals surface area (Å²) in [6, 6.07) is 1.92. The molecule has 1 aliphatic rings. The van der Waals surface area contributed by atoms with Crippen molar-refractivity contribution in [3.63, 3.8) is 0 Å². The largest absolute Gasteiger partial charge is 0.395 e. The van der Waals surface area contributed by atoms with Crippen molar-refractivity contribution in [3.05, 3.63) is 12.4 Å². The van der Waals surface area contributed by atoms with Crippen LogP contribution in [0.15, 0.2) is 12.4 Å². The standard InChI is InChI=1S/C13H23N5O/c1-17-5-3-11(8-17)9-18(2)13-7-12(14-4-6-19)15-10-16-13/h7,10-11,19H,3-6,8-9H2,1-2H3,(H,14,15,16). The monoisotopic (exact) mass is 265 g/mol. The van der Waals surface area contributed by atoms with E-state index in [1.54, 1.807) is 6.33 Å². The van der Waals surface area contributed by atoms with Crippen LogP contribution in [0.3, 0.4) is 0 Å². The fourth-order valence-electron chi connectivity index (χ4n) is 2.49. The average molecular weight is 265 g/mol. The number of rotatable bonds is 6. The van der Waals surface area contributed by atoms with Crippen molar-refractivity contribution in [1.29, 1.82) is 0 Å². The van der Waals surface area contributed by atoms with Gasteiger partial charge in [-0.1, -0.05) is 0 Å². The van der Waals surface area contributed by atoms with E-state index in [-0.39, 0.29) is 6.61 Å². The van der Waals surface area contributed by atoms with Gasteiger partial charge in [0.05, 0.1) is 6.61 Å². The second kappa shape index (κ2) is 6.68. The lowest BCUT2D eigenvalue weighted by Crippen LogP contribution is -2.28. The lowest BCUT2D eigenvalue weighted by atomic mass is 10.1. The van der Waals surface area contributed by atoms with Gasteiger partial charge in [0, 0.05) is 32.7 Å². The Morgan fingerprint density at radius 3 is 3.05 bits per heavy atom. The summed E-state index contributed by atoms with van der Waals surface area (Å²) in [7, 11) is 4.23. The highest BCUT2D eigenvalue weighted by Gasteiger charge is 2.21. The normalized spacial score (nSPS) is 19.6. The summed E-state index contributed by atoms with van der Waals surface area (Å²) in [5, 5.41) is 11.9. The minimum absolute atomic E-state index is 0.101. The Morgan fingerprint density at radius 1 is 1.53 bits per heavy atom. The molecule has 2 N–H and O–H groups in total. The third-order valence-electron chi connectivity index (χ3n) is 3.48. The summed E-state index contributed by atoms with van der Waals surface area (Å²) < 4.78 is 0. The minimum Gasteiger partial charge on any atom is -0.395 e. The van der Waals surface area contributed by atoms with Crippen molar-refractivity contribution >= 4 is 11.6 Å². The first kappa shape index (κ1) is 14.0. The van der Waals surface area contributed by atoms with E-state index in [9.17, 15) is 0 Å². The number of hydrogen-bond donors (Lipinski definition) is 2. The third-order valence-corrected chi connectivity index (χ3v) is 3.48. The predicted octanol–water partition coefficient (Wildman–Crippen LogP) is 0.269. The lowest BCUT2D eigenvalue weighted by Gasteiger charge is -2.22. The average Bonchev–Trinajstić information content (AvgIpc) is 2.82. The molecule has 0 aliphatic carbocycles. The Hall–Kier alpha value is -1.40. The first-order valence-electron chi connectivity index (χ1n) is 6.75. The molecule has 6 nitrogen and oxygen atoms in total. The summed E-state index contributed by atoms with van der Waals surface area (Å²) in [5.74, 6) is 2.39. The van der Waals surface area contributed by atoms with Crippen molar-refractivity contribution in [2.24, 2.45) is 5.92 Å². The number of aliphatic hydroxyl groups is 1. The second-order valence-electron chi connectivity index (χ2n) is 5.21. The van der Waals surface area contributed by atoms with Crippen molar-refractivity contribution < 1.29 is 5.11 Å². The van der Waals surface area contributed by atoms with Gasteiger partial charge in [-0.25, -0.2) is 9.97 Å². The van der Waals surface area contributed by atoms with E-state index in [0.717, 1.165) is 24.7 Å². The minimum atomic E-state index is 0.101. The molecule has 0 amide bonds. The summed E-state index contributed by atoms with van der Waals surface area (Å²) in [5.41, 5.74) is 0. The molecular formula is C13H23N5O. The van der Waals surface area contributed by atoms with Crippen LogP contribution < -0.4 is 10.2 Å². The molecule has 1 fully saturated rings. The molecule has 0 saturated carbocycles. The van der Waals surface area contributed by atoms with E-state index in [1.807, 2.05) is 6.07 Å². The van der Waals surface area contributed by atoms with Crippen molar-refractivity contribution in [3.8, 4) is 0 Å². The molecule has 1 unspecified atom stereocenters. The molecule has 0 radical (unpaired) electrons. The van der Waals surface area contributed by atoms with Gasteiger partial charge in [0.15, 0.2) is 0 Å². The number of likely N-dealkylation sites (tertiary alicyclic amines) is 1. The number of aliphatic hydroxyl groups excluding tert-OH is 1. The zero-order valence-corrected chi connectivity index (χ0v) is 11.7. The molecule has 1 aromatic heterocycles. The summed E-state index contributed by atoms with van der Waals surface area (Å²) in [6.07, 6.45) is 2.81. The molecule has 1 saturated heterocycles. The predicted molar refractivity (Wildman–Crippen MR) is 76.5 cm³/mol. The molecule has 0 aromatic carbocycles. The van der Waals surface area contributed by atoms with Crippen LogP contribution in [0, 0.1) is 5.92 Å². The second-order valence-corrected chi connectivity index (χ2v) is 5.21. The molecule has 0 spiro atoms. The molecule has 6 heteroatoms. The van der Waals surface area contributed by atoms with Gasteiger partial charge in [-0.3, -0.25) is 0 Å². The Kier molecular flexibility index (Phi) is 4.93. The molecule has 1 aromatic rings. The van der Waals surface area contributed by atoms with Crippen molar-refractivity contribution in [1.82, 2.24) is 14.9 Å². The first-order valence-corrected chi connectivity index (χ1v) is 6.75. The Balaban J connectivity index is 1.92. The van der Waals surface area contributed by atoms with E-state index < -0.39 is 0 Å². The lowest BCUT2D eigenvalue weighted by molar-refractivity contribution is 0.311. The van der Waals surface area contributed by atoms with Gasteiger partial charge in [0.1, 0.15) is 18.0 Å². The Morgan fingerprint density at radius 2 is 2.37 bits per heavy atom. The van der Waals surface area contributed by atoms with Gasteiger partial charge in [-0.15, -0.1) is 0 Å². The smallest absolute Gasteiger partial charge is 0.133 e. The number of anilines is 2. The van der Waals surface area contributed by atoms with Crippen LogP contribution >= 0.6 is 0 Å². The quantitative estimate of drug-likeness (QED) is 0.770. The molecule has 1 aliphatic heterocycles. The molecule has 19 heavy (non-hydrogen) atoms. The number of nitrogens with zero attached hydrogens (tertiary/aromatic N) is 4. The maximum atomic E-state index is 8.80. The van der Waals surface area contributed by atoms with Crippen molar-refractivity contribution in [2.45, 2.75) is 6.42 Å². The molecular weight excluding hydrogens is 242 g/mol. The van der Waals surface area contributed by atoms with Gasteiger partial charge in [0.25, 0.3) is 0 Å². The van der Waals surface area contributed by atoms with Crippen LogP contribution in [0.5, 0.6) is 0 Å². The van der Waals surface area contributed by atoms with Gasteiger partial charge >= 0.3 is 0 Å². The highest BCUT2D eigenvalue weighted by atomic mass is 16.3. The zero-order valence-electron chi connectivity index (χ0n) is 11.7. The van der Waals surface area contributed by atoms with E-state index in [0.29, 0.717) is 12.5 Å². The maximum absolute atomic E-state index is 8.80. The SMILES string of the molecule is CN1CCC(CN(C)c2cc(NCCO)ncn2)C1. The van der Waals surface area contributed by atoms with Crippen LogP contribution in [-0.2, 0) is 0 Å². The van der Waals surface area contributed by atoms with E-state index in [2.05, 4.69) is 39.2 Å². The number of nitrogens with one attached hydrogen (secondary N) is 1. The van der Waals surface area contributed by atoms with Gasteiger partial charge in [-0.05, 0) is 25.9 Å². The van der Waals surface area contributed by atoms with Crippen LogP contribution in [0.25, 0.3) is 0 Å². The molecule has 2 rings (SSSR count). The fourth-order valence-corrected chi connectivity index (χ4v) is 2.49. The zero-order chi connectivity index (χ0) is 13.7. The van der Waals surface area contributed by atoms with Crippen LogP contribution in [0.2, 0.25) is 0 Å². The third kappa shape index (κ3) is 4.04. The Labute approximate surface area is 114 Å². The van der Waals surface area contributed by atoms with E-state index >= 15 is 0 Å². The van der Waals surface area contributed by atoms with Gasteiger partial charge in [0.2, 0.25) is 0 Å². The number of aromatic nitrogens is 2. The Bertz CT molecular complexity index is 400. The molecule has 0 bridgehead atoms. The summed E-state index contributed by atoms with van der Waals surface area (Å²) in [4.78, 5) is 13.0. The van der Waals surface area contributed by atoms with Crippen LogP contribution in [0.1, 0.15) is 6.42 Å². The highest BCUT2D eigenvalue weighted by molar-refractivity contribution is 5.47. The first-order chi connectivity index (χ1) is 9.19.